The Labute approximate surface area is 119 Å². The van der Waals surface area contributed by atoms with Crippen molar-refractivity contribution in [3.05, 3.63) is 39.6 Å². The van der Waals surface area contributed by atoms with Crippen molar-refractivity contribution in [3.8, 4) is 0 Å². The third kappa shape index (κ3) is 2.55. The van der Waals surface area contributed by atoms with Crippen molar-refractivity contribution in [3.63, 3.8) is 0 Å². The summed E-state index contributed by atoms with van der Waals surface area (Å²) in [5.74, 6) is -0.0645. The van der Waals surface area contributed by atoms with Crippen LogP contribution >= 0.6 is 22.6 Å². The van der Waals surface area contributed by atoms with Crippen molar-refractivity contribution in [2.45, 2.75) is 6.92 Å². The molecule has 1 aromatic rings. The minimum Gasteiger partial charge on any atom is -0.447 e. The summed E-state index contributed by atoms with van der Waals surface area (Å²) in [4.78, 5) is 24.8. The normalized spacial score (nSPS) is 16.3. The van der Waals surface area contributed by atoms with E-state index in [9.17, 15) is 9.59 Å². The summed E-state index contributed by atoms with van der Waals surface area (Å²) in [6, 6.07) is 9.33. The van der Waals surface area contributed by atoms with Gasteiger partial charge in [-0.25, -0.2) is 4.79 Å². The molecule has 1 aliphatic heterocycles. The number of hydrogen-bond acceptors (Lipinski definition) is 3. The molecule has 0 N–H and O–H groups in total. The average Bonchev–Trinajstić information content (AvgIpc) is 2.76. The summed E-state index contributed by atoms with van der Waals surface area (Å²) in [5, 5.41) is 0. The van der Waals surface area contributed by atoms with E-state index in [1.807, 2.05) is 52.9 Å². The second-order valence-electron chi connectivity index (χ2n) is 3.85. The summed E-state index contributed by atoms with van der Waals surface area (Å²) < 4.78 is 5.51. The van der Waals surface area contributed by atoms with E-state index in [1.54, 1.807) is 0 Å². The Morgan fingerprint density at radius 2 is 2.00 bits per heavy atom. The van der Waals surface area contributed by atoms with Crippen molar-refractivity contribution in [2.24, 2.45) is 0 Å². The molecule has 0 unspecified atom stereocenters. The van der Waals surface area contributed by atoms with Crippen LogP contribution in [0, 0.1) is 0 Å². The van der Waals surface area contributed by atoms with Crippen LogP contribution in [0.3, 0.4) is 0 Å². The number of nitrogens with zero attached hydrogens (tertiary/aromatic N) is 1. The van der Waals surface area contributed by atoms with E-state index in [0.29, 0.717) is 22.4 Å². The van der Waals surface area contributed by atoms with Crippen LogP contribution in [0.5, 0.6) is 0 Å². The Bertz CT molecular complexity index is 510. The average molecular weight is 357 g/mol. The van der Waals surface area contributed by atoms with Crippen LogP contribution in [-0.2, 0) is 9.53 Å². The first-order chi connectivity index (χ1) is 8.61. The van der Waals surface area contributed by atoms with Gasteiger partial charge < -0.3 is 4.74 Å². The highest BCUT2D eigenvalue weighted by Gasteiger charge is 2.27. The van der Waals surface area contributed by atoms with Gasteiger partial charge >= 0.3 is 6.09 Å². The smallest absolute Gasteiger partial charge is 0.414 e. The number of hydrogen-bond donors (Lipinski definition) is 0. The van der Waals surface area contributed by atoms with Crippen molar-refractivity contribution in [1.29, 1.82) is 0 Å². The second kappa shape index (κ2) is 5.51. The molecule has 1 fully saturated rings. The van der Waals surface area contributed by atoms with Crippen LogP contribution in [0.4, 0.5) is 4.79 Å². The molecule has 5 heteroatoms. The lowest BCUT2D eigenvalue weighted by Gasteiger charge is -2.15. The summed E-state index contributed by atoms with van der Waals surface area (Å²) >= 11 is 2.02. The summed E-state index contributed by atoms with van der Waals surface area (Å²) in [6.07, 6.45) is -0.394. The number of carbonyl (C=O) groups is 2. The molecule has 1 aromatic carbocycles. The molecule has 1 heterocycles. The number of ketones is 1. The highest BCUT2D eigenvalue weighted by molar-refractivity contribution is 14.1. The summed E-state index contributed by atoms with van der Waals surface area (Å²) in [5.41, 5.74) is 1.36. The number of ether oxygens (including phenoxy) is 1. The van der Waals surface area contributed by atoms with Gasteiger partial charge in [-0.15, -0.1) is 0 Å². The van der Waals surface area contributed by atoms with E-state index in [4.69, 9.17) is 4.74 Å². The molecule has 0 aliphatic carbocycles. The Morgan fingerprint density at radius 3 is 2.50 bits per heavy atom. The van der Waals surface area contributed by atoms with Gasteiger partial charge in [0.2, 0.25) is 0 Å². The van der Waals surface area contributed by atoms with E-state index in [1.165, 1.54) is 11.8 Å². The first kappa shape index (κ1) is 13.1. The molecule has 0 saturated carbocycles. The van der Waals surface area contributed by atoms with Gasteiger partial charge in [-0.3, -0.25) is 9.69 Å². The zero-order valence-electron chi connectivity index (χ0n) is 9.85. The van der Waals surface area contributed by atoms with Crippen molar-refractivity contribution in [2.75, 3.05) is 13.2 Å². The number of benzene rings is 1. The van der Waals surface area contributed by atoms with Gasteiger partial charge in [0.05, 0.1) is 15.8 Å². The Kier molecular flexibility index (Phi) is 4.00. The van der Waals surface area contributed by atoms with Gasteiger partial charge in [-0.05, 0) is 35.1 Å². The minimum absolute atomic E-state index is 0.0645. The van der Waals surface area contributed by atoms with E-state index < -0.39 is 6.09 Å². The van der Waals surface area contributed by atoms with E-state index in [0.717, 1.165) is 5.56 Å². The van der Waals surface area contributed by atoms with Crippen LogP contribution in [0.2, 0.25) is 0 Å². The molecule has 18 heavy (non-hydrogen) atoms. The molecule has 1 amide bonds. The van der Waals surface area contributed by atoms with Gasteiger partial charge in [0, 0.05) is 0 Å². The lowest BCUT2D eigenvalue weighted by atomic mass is 10.0. The molecule has 0 aromatic heterocycles. The lowest BCUT2D eigenvalue weighted by molar-refractivity contribution is -0.111. The highest BCUT2D eigenvalue weighted by Crippen LogP contribution is 2.29. The molecular weight excluding hydrogens is 345 g/mol. The number of cyclic esters (lactones) is 1. The zero-order valence-corrected chi connectivity index (χ0v) is 12.0. The third-order valence-electron chi connectivity index (χ3n) is 2.62. The van der Waals surface area contributed by atoms with Crippen molar-refractivity contribution < 1.29 is 14.3 Å². The number of carbonyl (C=O) groups excluding carboxylic acids is 2. The number of rotatable bonds is 3. The summed E-state index contributed by atoms with van der Waals surface area (Å²) in [7, 11) is 0. The molecule has 1 aliphatic rings. The predicted octanol–water partition coefficient (Wildman–Crippen LogP) is 2.83. The Hall–Kier alpha value is -1.37. The van der Waals surface area contributed by atoms with Gasteiger partial charge in [0.1, 0.15) is 6.61 Å². The minimum atomic E-state index is -0.394. The molecule has 1 saturated heterocycles. The fourth-order valence-corrected chi connectivity index (χ4v) is 2.91. The monoisotopic (exact) mass is 357 g/mol. The quantitative estimate of drug-likeness (QED) is 0.475. The Balaban J connectivity index is 2.47. The molecule has 4 nitrogen and oxygen atoms in total. The number of amides is 1. The zero-order chi connectivity index (χ0) is 13.1. The standard InChI is InChI=1S/C13H12INO3/c1-9(16)11(10-5-3-2-4-6-10)12(14)15-7-8-18-13(15)17/h2-6H,7-8H2,1H3/b12-11-. The lowest BCUT2D eigenvalue weighted by Crippen LogP contribution is -2.22. The van der Waals surface area contributed by atoms with Crippen LogP contribution in [0.1, 0.15) is 12.5 Å². The Morgan fingerprint density at radius 1 is 1.33 bits per heavy atom. The maximum atomic E-state index is 11.8. The van der Waals surface area contributed by atoms with E-state index >= 15 is 0 Å². The van der Waals surface area contributed by atoms with Crippen molar-refractivity contribution >= 4 is 40.0 Å². The predicted molar refractivity (Wildman–Crippen MR) is 76.1 cm³/mol. The highest BCUT2D eigenvalue weighted by atomic mass is 127. The first-order valence-corrected chi connectivity index (χ1v) is 6.59. The number of halogens is 1. The maximum absolute atomic E-state index is 11.8. The first-order valence-electron chi connectivity index (χ1n) is 5.51. The SMILES string of the molecule is CC(=O)/C(=C(\I)N1CCOC1=O)c1ccccc1. The van der Waals surface area contributed by atoms with Crippen molar-refractivity contribution in [1.82, 2.24) is 4.90 Å². The van der Waals surface area contributed by atoms with Gasteiger partial charge in [-0.2, -0.15) is 0 Å². The topological polar surface area (TPSA) is 46.6 Å². The molecule has 94 valence electrons. The summed E-state index contributed by atoms with van der Waals surface area (Å²) in [6.45, 7) is 2.36. The van der Waals surface area contributed by atoms with Crippen LogP contribution in [0.25, 0.3) is 5.57 Å². The van der Waals surface area contributed by atoms with E-state index in [-0.39, 0.29) is 5.78 Å². The van der Waals surface area contributed by atoms with Gasteiger partial charge in [-0.1, -0.05) is 30.3 Å². The largest absolute Gasteiger partial charge is 0.447 e. The van der Waals surface area contributed by atoms with E-state index in [2.05, 4.69) is 0 Å². The molecule has 0 spiro atoms. The molecule has 0 radical (unpaired) electrons. The fraction of sp³-hybridized carbons (Fsp3) is 0.231. The fourth-order valence-electron chi connectivity index (χ4n) is 1.78. The second-order valence-corrected chi connectivity index (χ2v) is 4.88. The molecule has 2 rings (SSSR count). The third-order valence-corrected chi connectivity index (χ3v) is 3.74. The molecule has 0 bridgehead atoms. The number of allylic oxidation sites excluding steroid dienone is 1. The molecular formula is C13H12INO3. The van der Waals surface area contributed by atoms with Crippen LogP contribution < -0.4 is 0 Å². The van der Waals surface area contributed by atoms with Crippen LogP contribution in [0.15, 0.2) is 34.0 Å². The van der Waals surface area contributed by atoms with Gasteiger partial charge in [0.25, 0.3) is 0 Å². The maximum Gasteiger partial charge on any atom is 0.414 e. The molecule has 0 atom stereocenters. The van der Waals surface area contributed by atoms with Crippen LogP contribution in [-0.4, -0.2) is 29.9 Å². The number of Topliss-reactive ketones (excluding diaryl/α,β-unsaturated/α-hetero) is 1. The van der Waals surface area contributed by atoms with Gasteiger partial charge in [0.15, 0.2) is 5.78 Å².